The molecule has 0 unspecified atom stereocenters. The van der Waals surface area contributed by atoms with Crippen LogP contribution >= 0.6 is 11.3 Å². The third-order valence-electron chi connectivity index (χ3n) is 2.93. The van der Waals surface area contributed by atoms with Crippen molar-refractivity contribution in [2.45, 2.75) is 31.3 Å². The summed E-state index contributed by atoms with van der Waals surface area (Å²) in [5, 5.41) is 12.6. The minimum atomic E-state index is -4.42. The molecule has 2 rings (SSSR count). The third kappa shape index (κ3) is 5.47. The SMILES string of the molecule is CC(C)(C)OC(=O)NS(=O)(=O)c1ccccc1C(=O)Nc1ncc([N+](=O)[O-])s1. The molecule has 0 saturated carbocycles. The summed E-state index contributed by atoms with van der Waals surface area (Å²) in [7, 11) is -4.42. The quantitative estimate of drug-likeness (QED) is 0.543. The Morgan fingerprint density at radius 3 is 2.46 bits per heavy atom. The molecule has 0 aliphatic rings. The average Bonchev–Trinajstić information content (AvgIpc) is 3.01. The van der Waals surface area contributed by atoms with Crippen molar-refractivity contribution in [2.24, 2.45) is 0 Å². The van der Waals surface area contributed by atoms with Gasteiger partial charge in [0.1, 0.15) is 16.7 Å². The van der Waals surface area contributed by atoms with Crippen LogP contribution < -0.4 is 10.0 Å². The lowest BCUT2D eigenvalue weighted by Gasteiger charge is -2.20. The molecule has 0 atom stereocenters. The van der Waals surface area contributed by atoms with Gasteiger partial charge in [-0.25, -0.2) is 22.9 Å². The number of hydrogen-bond donors (Lipinski definition) is 2. The second-order valence-corrected chi connectivity index (χ2v) is 8.98. The molecule has 1 aromatic heterocycles. The average molecular weight is 428 g/mol. The van der Waals surface area contributed by atoms with Gasteiger partial charge >= 0.3 is 11.1 Å². The summed E-state index contributed by atoms with van der Waals surface area (Å²) in [6, 6.07) is 5.15. The Kier molecular flexibility index (Phi) is 5.99. The first-order chi connectivity index (χ1) is 12.9. The number of ether oxygens (including phenoxy) is 1. The van der Waals surface area contributed by atoms with Gasteiger partial charge in [0.15, 0.2) is 5.13 Å². The minimum absolute atomic E-state index is 0.0796. The number of anilines is 1. The molecule has 0 aliphatic heterocycles. The molecule has 1 heterocycles. The van der Waals surface area contributed by atoms with Crippen LogP contribution in [0.25, 0.3) is 0 Å². The Morgan fingerprint density at radius 1 is 1.25 bits per heavy atom. The van der Waals surface area contributed by atoms with Crippen molar-refractivity contribution >= 4 is 43.5 Å². The number of thiazole rings is 1. The summed E-state index contributed by atoms with van der Waals surface area (Å²) in [4.78, 5) is 37.5. The van der Waals surface area contributed by atoms with E-state index in [0.29, 0.717) is 11.3 Å². The summed E-state index contributed by atoms with van der Waals surface area (Å²) in [6.45, 7) is 4.69. The number of sulfonamides is 1. The van der Waals surface area contributed by atoms with Crippen molar-refractivity contribution in [3.63, 3.8) is 0 Å². The highest BCUT2D eigenvalue weighted by Crippen LogP contribution is 2.26. The molecule has 150 valence electrons. The summed E-state index contributed by atoms with van der Waals surface area (Å²) in [6.07, 6.45) is -0.231. The second kappa shape index (κ2) is 7.90. The number of carbonyl (C=O) groups excluding carboxylic acids is 2. The van der Waals surface area contributed by atoms with Crippen LogP contribution in [0, 0.1) is 10.1 Å². The second-order valence-electron chi connectivity index (χ2n) is 6.32. The molecule has 2 N–H and O–H groups in total. The molecule has 11 nitrogen and oxygen atoms in total. The Bertz CT molecular complexity index is 1030. The number of nitro groups is 1. The van der Waals surface area contributed by atoms with Gasteiger partial charge in [0.25, 0.3) is 15.9 Å². The summed E-state index contributed by atoms with van der Waals surface area (Å²) in [5.74, 6) is -0.866. The van der Waals surface area contributed by atoms with Crippen LogP contribution in [0.4, 0.5) is 14.9 Å². The highest BCUT2D eigenvalue weighted by atomic mass is 32.2. The van der Waals surface area contributed by atoms with Crippen LogP contribution in [0.2, 0.25) is 0 Å². The first-order valence-corrected chi connectivity index (χ1v) is 9.95. The highest BCUT2D eigenvalue weighted by molar-refractivity contribution is 7.90. The number of hydrogen-bond acceptors (Lipinski definition) is 9. The van der Waals surface area contributed by atoms with Gasteiger partial charge in [-0.1, -0.05) is 12.1 Å². The molecule has 0 saturated heterocycles. The normalized spacial score (nSPS) is 11.5. The molecule has 0 spiro atoms. The molecule has 0 radical (unpaired) electrons. The van der Waals surface area contributed by atoms with E-state index in [-0.39, 0.29) is 15.7 Å². The van der Waals surface area contributed by atoms with E-state index in [2.05, 4.69) is 10.3 Å². The monoisotopic (exact) mass is 428 g/mol. The number of amides is 2. The van der Waals surface area contributed by atoms with Crippen LogP contribution in [0.5, 0.6) is 0 Å². The Hall–Kier alpha value is -3.06. The molecule has 2 amide bonds. The smallest absolute Gasteiger partial charge is 0.421 e. The first kappa shape index (κ1) is 21.2. The number of aromatic nitrogens is 1. The number of carbonyl (C=O) groups is 2. The summed E-state index contributed by atoms with van der Waals surface area (Å²) < 4.78 is 31.7. The lowest BCUT2D eigenvalue weighted by atomic mass is 10.2. The topological polar surface area (TPSA) is 158 Å². The summed E-state index contributed by atoms with van der Waals surface area (Å²) in [5.41, 5.74) is -1.20. The van der Waals surface area contributed by atoms with Crippen molar-refractivity contribution in [1.82, 2.24) is 9.71 Å². The maximum Gasteiger partial charge on any atom is 0.421 e. The van der Waals surface area contributed by atoms with Crippen LogP contribution in [0.1, 0.15) is 31.1 Å². The zero-order valence-corrected chi connectivity index (χ0v) is 16.6. The molecule has 28 heavy (non-hydrogen) atoms. The lowest BCUT2D eigenvalue weighted by molar-refractivity contribution is -0.380. The Balaban J connectivity index is 2.26. The van der Waals surface area contributed by atoms with Gasteiger partial charge in [-0.3, -0.25) is 20.2 Å². The van der Waals surface area contributed by atoms with Crippen LogP contribution in [0.15, 0.2) is 35.4 Å². The van der Waals surface area contributed by atoms with Gasteiger partial charge in [-0.05, 0) is 44.2 Å². The number of rotatable bonds is 5. The number of nitrogens with zero attached hydrogens (tertiary/aromatic N) is 2. The molecule has 0 aliphatic carbocycles. The number of benzene rings is 1. The molecule has 13 heteroatoms. The van der Waals surface area contributed by atoms with Gasteiger partial charge in [-0.15, -0.1) is 0 Å². The van der Waals surface area contributed by atoms with Crippen molar-refractivity contribution in [3.8, 4) is 0 Å². The first-order valence-electron chi connectivity index (χ1n) is 7.65. The van der Waals surface area contributed by atoms with Crippen molar-refractivity contribution in [2.75, 3.05) is 5.32 Å². The Morgan fingerprint density at radius 2 is 1.89 bits per heavy atom. The highest BCUT2D eigenvalue weighted by Gasteiger charge is 2.27. The van der Waals surface area contributed by atoms with E-state index >= 15 is 0 Å². The van der Waals surface area contributed by atoms with E-state index in [4.69, 9.17) is 4.74 Å². The van der Waals surface area contributed by atoms with E-state index in [1.807, 2.05) is 0 Å². The zero-order valence-electron chi connectivity index (χ0n) is 15.0. The molecule has 1 aromatic carbocycles. The number of nitrogens with one attached hydrogen (secondary N) is 2. The van der Waals surface area contributed by atoms with Gasteiger partial charge < -0.3 is 4.74 Å². The molecule has 0 fully saturated rings. The fraction of sp³-hybridized carbons (Fsp3) is 0.267. The van der Waals surface area contributed by atoms with E-state index in [1.165, 1.54) is 18.2 Å². The largest absolute Gasteiger partial charge is 0.443 e. The van der Waals surface area contributed by atoms with Crippen molar-refractivity contribution in [1.29, 1.82) is 0 Å². The van der Waals surface area contributed by atoms with Crippen LogP contribution in [-0.2, 0) is 14.8 Å². The summed E-state index contributed by atoms with van der Waals surface area (Å²) >= 11 is 0.613. The predicted octanol–water partition coefficient (Wildman–Crippen LogP) is 2.52. The fourth-order valence-corrected chi connectivity index (χ4v) is 3.63. The standard InChI is InChI=1S/C15H16N4O7S2/c1-15(2,3)26-14(21)18-28(24,25)10-7-5-4-6-9(10)12(20)17-13-16-8-11(27-13)19(22)23/h4-8H,1-3H3,(H,18,21)(H,16,17,20). The van der Waals surface area contributed by atoms with Crippen LogP contribution in [-0.4, -0.2) is 35.9 Å². The zero-order chi connectivity index (χ0) is 21.1. The van der Waals surface area contributed by atoms with E-state index in [0.717, 1.165) is 12.3 Å². The van der Waals surface area contributed by atoms with Gasteiger partial charge in [0, 0.05) is 0 Å². The maximum absolute atomic E-state index is 12.5. The van der Waals surface area contributed by atoms with Crippen molar-refractivity contribution in [3.05, 3.63) is 46.1 Å². The van der Waals surface area contributed by atoms with Crippen molar-refractivity contribution < 1.29 is 27.7 Å². The van der Waals surface area contributed by atoms with Gasteiger partial charge in [0.05, 0.1) is 10.5 Å². The van der Waals surface area contributed by atoms with Crippen LogP contribution in [0.3, 0.4) is 0 Å². The maximum atomic E-state index is 12.5. The lowest BCUT2D eigenvalue weighted by Crippen LogP contribution is -2.37. The molecular formula is C15H16N4O7S2. The van der Waals surface area contributed by atoms with Gasteiger partial charge in [0.2, 0.25) is 0 Å². The molecule has 2 aromatic rings. The van der Waals surface area contributed by atoms with E-state index in [1.54, 1.807) is 25.5 Å². The Labute approximate surface area is 163 Å². The van der Waals surface area contributed by atoms with E-state index in [9.17, 15) is 28.1 Å². The minimum Gasteiger partial charge on any atom is -0.443 e. The van der Waals surface area contributed by atoms with Gasteiger partial charge in [-0.2, -0.15) is 0 Å². The molecular weight excluding hydrogens is 412 g/mol. The van der Waals surface area contributed by atoms with E-state index < -0.39 is 37.4 Å². The molecule has 0 bridgehead atoms. The fourth-order valence-electron chi connectivity index (χ4n) is 1.92. The predicted molar refractivity (Wildman–Crippen MR) is 99.7 cm³/mol. The third-order valence-corrected chi connectivity index (χ3v) is 5.17.